The number of nitrogens with one attached hydrogen (secondary N) is 1. The molecule has 120 valence electrons. The molecule has 1 heterocycles. The van der Waals surface area contributed by atoms with Gasteiger partial charge in [0.2, 0.25) is 0 Å². The first-order valence-electron chi connectivity index (χ1n) is 6.16. The molecular formula is C13H15NO8. The number of allylic oxidation sites excluding steroid dienone is 2. The van der Waals surface area contributed by atoms with E-state index in [1.54, 1.807) is 13.8 Å². The van der Waals surface area contributed by atoms with Crippen LogP contribution in [0.3, 0.4) is 0 Å². The predicted molar refractivity (Wildman–Crippen MR) is 70.3 cm³/mol. The van der Waals surface area contributed by atoms with Crippen molar-refractivity contribution in [3.8, 4) is 0 Å². The molecule has 0 aromatic rings. The van der Waals surface area contributed by atoms with E-state index in [2.05, 4.69) is 14.8 Å². The van der Waals surface area contributed by atoms with E-state index in [1.165, 1.54) is 0 Å². The third-order valence-electron chi connectivity index (χ3n) is 2.78. The number of carboxylic acid groups (broad SMARTS) is 2. The summed E-state index contributed by atoms with van der Waals surface area (Å²) in [5.41, 5.74) is 0.994. The second-order valence-corrected chi connectivity index (χ2v) is 4.45. The second kappa shape index (κ2) is 7.25. The molecule has 1 aliphatic heterocycles. The Morgan fingerprint density at radius 2 is 1.27 bits per heavy atom. The van der Waals surface area contributed by atoms with Crippen molar-refractivity contribution in [2.45, 2.75) is 20.3 Å². The van der Waals surface area contributed by atoms with Crippen molar-refractivity contribution in [3.05, 3.63) is 22.5 Å². The van der Waals surface area contributed by atoms with Gasteiger partial charge in [-0.3, -0.25) is 0 Å². The fourth-order valence-electron chi connectivity index (χ4n) is 1.75. The maximum atomic E-state index is 11.8. The van der Waals surface area contributed by atoms with Gasteiger partial charge < -0.3 is 25.0 Å². The summed E-state index contributed by atoms with van der Waals surface area (Å²) in [5.74, 6) is -4.35. The minimum absolute atomic E-state index is 0.0779. The van der Waals surface area contributed by atoms with E-state index < -0.39 is 37.1 Å². The largest absolute Gasteiger partial charge is 0.479 e. The van der Waals surface area contributed by atoms with Crippen molar-refractivity contribution in [1.29, 1.82) is 0 Å². The first-order chi connectivity index (χ1) is 10.2. The first kappa shape index (κ1) is 17.2. The van der Waals surface area contributed by atoms with Crippen LogP contribution in [0.25, 0.3) is 0 Å². The Bertz CT molecular complexity index is 537. The Kier molecular flexibility index (Phi) is 5.67. The summed E-state index contributed by atoms with van der Waals surface area (Å²) < 4.78 is 9.14. The van der Waals surface area contributed by atoms with Crippen molar-refractivity contribution in [2.24, 2.45) is 0 Å². The lowest BCUT2D eigenvalue weighted by Crippen LogP contribution is -2.28. The molecule has 1 aliphatic rings. The molecule has 1 rings (SSSR count). The average Bonchev–Trinajstić information content (AvgIpc) is 2.42. The van der Waals surface area contributed by atoms with Crippen LogP contribution in [0.4, 0.5) is 0 Å². The highest BCUT2D eigenvalue weighted by Gasteiger charge is 2.27. The van der Waals surface area contributed by atoms with E-state index in [-0.39, 0.29) is 17.6 Å². The summed E-state index contributed by atoms with van der Waals surface area (Å²) in [6.45, 7) is 1.55. The molecule has 0 aromatic heterocycles. The van der Waals surface area contributed by atoms with Crippen LogP contribution in [0.15, 0.2) is 22.5 Å². The molecule has 0 unspecified atom stereocenters. The molecule has 0 saturated carbocycles. The van der Waals surface area contributed by atoms with Gasteiger partial charge in [-0.05, 0) is 13.8 Å². The number of dihydropyridines is 1. The number of carbonyl (C=O) groups excluding carboxylic acids is 2. The molecule has 9 nitrogen and oxygen atoms in total. The lowest BCUT2D eigenvalue weighted by atomic mass is 9.98. The van der Waals surface area contributed by atoms with Crippen molar-refractivity contribution in [3.63, 3.8) is 0 Å². The van der Waals surface area contributed by atoms with Crippen LogP contribution in [0, 0.1) is 0 Å². The zero-order valence-corrected chi connectivity index (χ0v) is 12.0. The summed E-state index contributed by atoms with van der Waals surface area (Å²) in [7, 11) is 0. The maximum absolute atomic E-state index is 11.8. The van der Waals surface area contributed by atoms with Gasteiger partial charge in [0.25, 0.3) is 0 Å². The molecule has 0 bridgehead atoms. The molecule has 0 aromatic carbocycles. The highest BCUT2D eigenvalue weighted by molar-refractivity contribution is 5.97. The van der Waals surface area contributed by atoms with Crippen LogP contribution in [-0.4, -0.2) is 47.3 Å². The van der Waals surface area contributed by atoms with E-state index in [0.717, 1.165) is 0 Å². The van der Waals surface area contributed by atoms with Gasteiger partial charge in [0, 0.05) is 17.8 Å². The van der Waals surface area contributed by atoms with E-state index in [9.17, 15) is 19.2 Å². The average molecular weight is 313 g/mol. The Morgan fingerprint density at radius 1 is 0.909 bits per heavy atom. The Labute approximate surface area is 125 Å². The van der Waals surface area contributed by atoms with Crippen LogP contribution in [-0.2, 0) is 28.7 Å². The fourth-order valence-corrected chi connectivity index (χ4v) is 1.75. The van der Waals surface area contributed by atoms with Gasteiger partial charge in [0.1, 0.15) is 0 Å². The topological polar surface area (TPSA) is 139 Å². The standard InChI is InChI=1S/C13H15NO8/c1-6-8(12(19)21-4-10(15)16)3-9(7(2)14-6)13(20)22-5-11(17)18/h14H,3-5H2,1-2H3,(H,15,16)(H,17,18). The third-order valence-corrected chi connectivity index (χ3v) is 2.78. The van der Waals surface area contributed by atoms with Crippen LogP contribution in [0.2, 0.25) is 0 Å². The highest BCUT2D eigenvalue weighted by atomic mass is 16.6. The minimum Gasteiger partial charge on any atom is -0.479 e. The van der Waals surface area contributed by atoms with E-state index >= 15 is 0 Å². The van der Waals surface area contributed by atoms with Gasteiger partial charge in [-0.2, -0.15) is 0 Å². The summed E-state index contributed by atoms with van der Waals surface area (Å²) in [6.07, 6.45) is -0.137. The molecule has 22 heavy (non-hydrogen) atoms. The van der Waals surface area contributed by atoms with Crippen molar-refractivity contribution in [1.82, 2.24) is 5.32 Å². The van der Waals surface area contributed by atoms with Crippen LogP contribution < -0.4 is 5.32 Å². The van der Waals surface area contributed by atoms with Gasteiger partial charge in [-0.25, -0.2) is 19.2 Å². The maximum Gasteiger partial charge on any atom is 0.341 e. The predicted octanol–water partition coefficient (Wildman–Crippen LogP) is -0.217. The quantitative estimate of drug-likeness (QED) is 0.568. The van der Waals surface area contributed by atoms with E-state index in [0.29, 0.717) is 11.4 Å². The third kappa shape index (κ3) is 4.62. The molecule has 0 radical (unpaired) electrons. The summed E-state index contributed by atoms with van der Waals surface area (Å²) >= 11 is 0. The SMILES string of the molecule is CC1=C(C(=O)OCC(=O)O)CC(C(=O)OCC(=O)O)=C(C)N1. The molecule has 0 aliphatic carbocycles. The zero-order chi connectivity index (χ0) is 16.9. The molecule has 0 amide bonds. The molecule has 0 fully saturated rings. The van der Waals surface area contributed by atoms with Gasteiger partial charge in [0.15, 0.2) is 13.2 Å². The van der Waals surface area contributed by atoms with Gasteiger partial charge in [-0.1, -0.05) is 0 Å². The van der Waals surface area contributed by atoms with Crippen LogP contribution in [0.5, 0.6) is 0 Å². The normalized spacial score (nSPS) is 14.3. The molecule has 0 atom stereocenters. The molecule has 9 heteroatoms. The number of hydrogen-bond acceptors (Lipinski definition) is 7. The smallest absolute Gasteiger partial charge is 0.341 e. The number of rotatable bonds is 6. The van der Waals surface area contributed by atoms with Crippen molar-refractivity contribution < 1.29 is 38.9 Å². The lowest BCUT2D eigenvalue weighted by Gasteiger charge is -2.22. The zero-order valence-electron chi connectivity index (χ0n) is 12.0. The first-order valence-corrected chi connectivity index (χ1v) is 6.16. The number of carbonyl (C=O) groups is 4. The number of ether oxygens (including phenoxy) is 2. The number of carboxylic acids is 2. The fraction of sp³-hybridized carbons (Fsp3) is 0.385. The van der Waals surface area contributed by atoms with Gasteiger partial charge in [0.05, 0.1) is 11.1 Å². The van der Waals surface area contributed by atoms with Gasteiger partial charge in [-0.15, -0.1) is 0 Å². The second-order valence-electron chi connectivity index (χ2n) is 4.45. The number of aliphatic carboxylic acids is 2. The highest BCUT2D eigenvalue weighted by Crippen LogP contribution is 2.24. The Balaban J connectivity index is 2.81. The Hall–Kier alpha value is -2.84. The Morgan fingerprint density at radius 3 is 1.59 bits per heavy atom. The summed E-state index contributed by atoms with van der Waals surface area (Å²) in [5, 5.41) is 19.7. The summed E-state index contributed by atoms with van der Waals surface area (Å²) in [4.78, 5) is 44.4. The summed E-state index contributed by atoms with van der Waals surface area (Å²) in [6, 6.07) is 0. The van der Waals surface area contributed by atoms with Crippen molar-refractivity contribution in [2.75, 3.05) is 13.2 Å². The van der Waals surface area contributed by atoms with Gasteiger partial charge >= 0.3 is 23.9 Å². The lowest BCUT2D eigenvalue weighted by molar-refractivity contribution is -0.153. The molecular weight excluding hydrogens is 298 g/mol. The van der Waals surface area contributed by atoms with Crippen LogP contribution in [0.1, 0.15) is 20.3 Å². The van der Waals surface area contributed by atoms with Crippen molar-refractivity contribution >= 4 is 23.9 Å². The minimum atomic E-state index is -1.30. The van der Waals surface area contributed by atoms with E-state index in [1.807, 2.05) is 0 Å². The van der Waals surface area contributed by atoms with E-state index in [4.69, 9.17) is 10.2 Å². The number of esters is 2. The molecule has 3 N–H and O–H groups in total. The number of hydrogen-bond donors (Lipinski definition) is 3. The molecule has 0 spiro atoms. The monoisotopic (exact) mass is 313 g/mol. The molecule has 0 saturated heterocycles. The van der Waals surface area contributed by atoms with Crippen LogP contribution >= 0.6 is 0 Å².